The monoisotopic (exact) mass is 426 g/mol. The van der Waals surface area contributed by atoms with E-state index in [9.17, 15) is 13.2 Å². The molecular formula is C19H23ClN2O5S. The number of hydrogen-bond acceptors (Lipinski definition) is 5. The average Bonchev–Trinajstić information content (AvgIpc) is 2.61. The summed E-state index contributed by atoms with van der Waals surface area (Å²) >= 11 is 6.13. The standard InChI is InChI=1S/C19H23ClN2O5S/c1-13(19(23)21-15-7-5-6-14(10-15)12-26-2)22(28(4,24)25)16-8-9-18(27-3)17(20)11-16/h5-11,13H,12H2,1-4H3,(H,21,23)/t13-/m0/s1. The van der Waals surface area contributed by atoms with Crippen LogP contribution in [-0.2, 0) is 26.2 Å². The second-order valence-corrected chi connectivity index (χ2v) is 8.44. The van der Waals surface area contributed by atoms with Crippen LogP contribution in [0.1, 0.15) is 12.5 Å². The van der Waals surface area contributed by atoms with Gasteiger partial charge >= 0.3 is 0 Å². The molecule has 2 rings (SSSR count). The summed E-state index contributed by atoms with van der Waals surface area (Å²) in [5.41, 5.74) is 1.70. The molecule has 7 nitrogen and oxygen atoms in total. The van der Waals surface area contributed by atoms with Gasteiger partial charge in [0.05, 0.1) is 30.7 Å². The number of hydrogen-bond donors (Lipinski definition) is 1. The second kappa shape index (κ2) is 9.27. The van der Waals surface area contributed by atoms with Crippen LogP contribution in [0.15, 0.2) is 42.5 Å². The number of anilines is 2. The van der Waals surface area contributed by atoms with Crippen LogP contribution in [0.5, 0.6) is 5.75 Å². The number of amides is 1. The summed E-state index contributed by atoms with van der Waals surface area (Å²) in [7, 11) is -0.713. The van der Waals surface area contributed by atoms with Crippen LogP contribution in [0.4, 0.5) is 11.4 Å². The van der Waals surface area contributed by atoms with E-state index in [1.807, 2.05) is 6.07 Å². The lowest BCUT2D eigenvalue weighted by Crippen LogP contribution is -2.45. The van der Waals surface area contributed by atoms with Gasteiger partial charge in [-0.25, -0.2) is 8.42 Å². The van der Waals surface area contributed by atoms with Crippen LogP contribution in [-0.4, -0.2) is 40.8 Å². The van der Waals surface area contributed by atoms with Gasteiger partial charge < -0.3 is 14.8 Å². The van der Waals surface area contributed by atoms with Gasteiger partial charge in [-0.15, -0.1) is 0 Å². The van der Waals surface area contributed by atoms with Gasteiger partial charge in [0.1, 0.15) is 11.8 Å². The van der Waals surface area contributed by atoms with Crippen molar-refractivity contribution in [1.29, 1.82) is 0 Å². The smallest absolute Gasteiger partial charge is 0.247 e. The van der Waals surface area contributed by atoms with Crippen LogP contribution < -0.4 is 14.4 Å². The summed E-state index contributed by atoms with van der Waals surface area (Å²) in [6, 6.07) is 10.7. The maximum Gasteiger partial charge on any atom is 0.247 e. The third-order valence-corrected chi connectivity index (χ3v) is 5.52. The zero-order valence-electron chi connectivity index (χ0n) is 16.1. The Kier molecular flexibility index (Phi) is 7.29. The molecule has 9 heteroatoms. The van der Waals surface area contributed by atoms with Gasteiger partial charge in [0.25, 0.3) is 0 Å². The molecule has 28 heavy (non-hydrogen) atoms. The Morgan fingerprint density at radius 3 is 2.50 bits per heavy atom. The minimum absolute atomic E-state index is 0.244. The molecule has 0 unspecified atom stereocenters. The molecule has 0 radical (unpaired) electrons. The first kappa shape index (κ1) is 22.0. The molecule has 0 fully saturated rings. The number of rotatable bonds is 8. The van der Waals surface area contributed by atoms with E-state index in [2.05, 4.69) is 5.32 Å². The summed E-state index contributed by atoms with van der Waals surface area (Å²) in [6.45, 7) is 1.91. The van der Waals surface area contributed by atoms with E-state index >= 15 is 0 Å². The minimum Gasteiger partial charge on any atom is -0.495 e. The molecule has 1 atom stereocenters. The van der Waals surface area contributed by atoms with E-state index in [0.29, 0.717) is 18.0 Å². The molecule has 1 N–H and O–H groups in total. The molecular weight excluding hydrogens is 404 g/mol. The third kappa shape index (κ3) is 5.37. The Balaban J connectivity index is 2.30. The number of methoxy groups -OCH3 is 2. The lowest BCUT2D eigenvalue weighted by atomic mass is 10.2. The van der Waals surface area contributed by atoms with E-state index in [1.165, 1.54) is 26.2 Å². The summed E-state index contributed by atoms with van der Waals surface area (Å²) in [4.78, 5) is 12.7. The number of benzene rings is 2. The Hall–Kier alpha value is -2.29. The van der Waals surface area contributed by atoms with Crippen molar-refractivity contribution < 1.29 is 22.7 Å². The third-order valence-electron chi connectivity index (χ3n) is 3.98. The Bertz CT molecular complexity index is 949. The Morgan fingerprint density at radius 1 is 1.21 bits per heavy atom. The lowest BCUT2D eigenvalue weighted by molar-refractivity contribution is -0.116. The van der Waals surface area contributed by atoms with Crippen LogP contribution in [0.3, 0.4) is 0 Å². The van der Waals surface area contributed by atoms with E-state index in [-0.39, 0.29) is 10.7 Å². The highest BCUT2D eigenvalue weighted by molar-refractivity contribution is 7.92. The highest BCUT2D eigenvalue weighted by Crippen LogP contribution is 2.31. The zero-order chi connectivity index (χ0) is 20.9. The summed E-state index contributed by atoms with van der Waals surface area (Å²) in [6.07, 6.45) is 1.04. The first-order chi connectivity index (χ1) is 13.2. The van der Waals surface area contributed by atoms with Gasteiger partial charge in [-0.05, 0) is 42.8 Å². The van der Waals surface area contributed by atoms with Gasteiger partial charge in [-0.2, -0.15) is 0 Å². The van der Waals surface area contributed by atoms with Crippen molar-refractivity contribution in [3.63, 3.8) is 0 Å². The average molecular weight is 427 g/mol. The molecule has 0 spiro atoms. The first-order valence-electron chi connectivity index (χ1n) is 8.39. The fraction of sp³-hybridized carbons (Fsp3) is 0.316. The number of halogens is 1. The predicted molar refractivity (Wildman–Crippen MR) is 111 cm³/mol. The largest absolute Gasteiger partial charge is 0.495 e. The van der Waals surface area contributed by atoms with Crippen molar-refractivity contribution >= 4 is 38.9 Å². The number of sulfonamides is 1. The normalized spacial score (nSPS) is 12.3. The lowest BCUT2D eigenvalue weighted by Gasteiger charge is -2.28. The van der Waals surface area contributed by atoms with Crippen molar-refractivity contribution in [2.75, 3.05) is 30.1 Å². The van der Waals surface area contributed by atoms with Gasteiger partial charge in [0.15, 0.2) is 0 Å². The van der Waals surface area contributed by atoms with E-state index in [0.717, 1.165) is 16.1 Å². The molecule has 0 aromatic heterocycles. The summed E-state index contributed by atoms with van der Waals surface area (Å²) in [5, 5.41) is 2.99. The zero-order valence-corrected chi connectivity index (χ0v) is 17.7. The second-order valence-electron chi connectivity index (χ2n) is 6.18. The van der Waals surface area contributed by atoms with Gasteiger partial charge in [0, 0.05) is 12.8 Å². The molecule has 152 valence electrons. The molecule has 0 heterocycles. The first-order valence-corrected chi connectivity index (χ1v) is 10.6. The Morgan fingerprint density at radius 2 is 1.93 bits per heavy atom. The van der Waals surface area contributed by atoms with Crippen molar-refractivity contribution in [3.8, 4) is 5.75 Å². The molecule has 2 aromatic rings. The number of nitrogens with one attached hydrogen (secondary N) is 1. The topological polar surface area (TPSA) is 84.9 Å². The fourth-order valence-corrected chi connectivity index (χ4v) is 4.17. The van der Waals surface area contributed by atoms with Crippen molar-refractivity contribution in [2.24, 2.45) is 0 Å². The molecule has 0 aliphatic rings. The quantitative estimate of drug-likeness (QED) is 0.700. The maximum atomic E-state index is 12.7. The van der Waals surface area contributed by atoms with Gasteiger partial charge in [0.2, 0.25) is 15.9 Å². The highest BCUT2D eigenvalue weighted by Gasteiger charge is 2.29. The number of nitrogens with zero attached hydrogens (tertiary/aromatic N) is 1. The van der Waals surface area contributed by atoms with Crippen molar-refractivity contribution in [1.82, 2.24) is 0 Å². The molecule has 0 saturated heterocycles. The number of ether oxygens (including phenoxy) is 2. The summed E-state index contributed by atoms with van der Waals surface area (Å²) < 4.78 is 36.0. The van der Waals surface area contributed by atoms with Crippen LogP contribution >= 0.6 is 11.6 Å². The molecule has 0 bridgehead atoms. The van der Waals surface area contributed by atoms with Crippen molar-refractivity contribution in [2.45, 2.75) is 19.6 Å². The summed E-state index contributed by atoms with van der Waals surface area (Å²) in [5.74, 6) is -0.0714. The van der Waals surface area contributed by atoms with Crippen LogP contribution in [0, 0.1) is 0 Å². The van der Waals surface area contributed by atoms with Crippen LogP contribution in [0.25, 0.3) is 0 Å². The number of carbonyl (C=O) groups excluding carboxylic acids is 1. The van der Waals surface area contributed by atoms with E-state index in [1.54, 1.807) is 31.4 Å². The van der Waals surface area contributed by atoms with Crippen molar-refractivity contribution in [3.05, 3.63) is 53.1 Å². The van der Waals surface area contributed by atoms with E-state index in [4.69, 9.17) is 21.1 Å². The number of carbonyl (C=O) groups is 1. The van der Waals surface area contributed by atoms with Gasteiger partial charge in [-0.1, -0.05) is 23.7 Å². The highest BCUT2D eigenvalue weighted by atomic mass is 35.5. The molecule has 0 aliphatic heterocycles. The molecule has 1 amide bonds. The predicted octanol–water partition coefficient (Wildman–Crippen LogP) is 3.29. The molecule has 0 aliphatic carbocycles. The van der Waals surface area contributed by atoms with E-state index < -0.39 is 22.0 Å². The minimum atomic E-state index is -3.75. The maximum absolute atomic E-state index is 12.7. The fourth-order valence-electron chi connectivity index (χ4n) is 2.75. The molecule has 2 aromatic carbocycles. The van der Waals surface area contributed by atoms with Crippen LogP contribution in [0.2, 0.25) is 5.02 Å². The SMILES string of the molecule is COCc1cccc(NC(=O)[C@H](C)N(c2ccc(OC)c(Cl)c2)S(C)(=O)=O)c1. The van der Waals surface area contributed by atoms with Gasteiger partial charge in [-0.3, -0.25) is 9.10 Å². The Labute approximate surface area is 170 Å². The molecule has 0 saturated carbocycles.